The van der Waals surface area contributed by atoms with Crippen LogP contribution in [0.25, 0.3) is 0 Å². The largest absolute Gasteiger partial charge is 0.464 e. The number of halogens is 3. The molecule has 0 aliphatic heterocycles. The fourth-order valence-electron chi connectivity index (χ4n) is 3.47. The van der Waals surface area contributed by atoms with E-state index in [4.69, 9.17) is 16.3 Å². The summed E-state index contributed by atoms with van der Waals surface area (Å²) in [6.45, 7) is 7.37. The highest BCUT2D eigenvalue weighted by Crippen LogP contribution is 2.37. The minimum Gasteiger partial charge on any atom is -0.464 e. The molecule has 0 bridgehead atoms. The summed E-state index contributed by atoms with van der Waals surface area (Å²) in [5.74, 6) is -3.68. The zero-order valence-electron chi connectivity index (χ0n) is 19.5. The molecule has 1 aromatic carbocycles. The van der Waals surface area contributed by atoms with Crippen molar-refractivity contribution >= 4 is 37.3 Å². The molecule has 186 valence electrons. The molecule has 1 fully saturated rings. The second-order valence-corrected chi connectivity index (χ2v) is 16.8. The van der Waals surface area contributed by atoms with Crippen LogP contribution in [0, 0.1) is 5.92 Å². The average molecular weight is 530 g/mol. The number of nitrogens with zero attached hydrogens (tertiary/aromatic N) is 2. The van der Waals surface area contributed by atoms with E-state index in [1.165, 1.54) is 11.8 Å². The van der Waals surface area contributed by atoms with Gasteiger partial charge in [-0.1, -0.05) is 43.0 Å². The van der Waals surface area contributed by atoms with Gasteiger partial charge in [-0.3, -0.25) is 4.79 Å². The minimum atomic E-state index is -2.70. The number of alkyl halides is 2. The van der Waals surface area contributed by atoms with Gasteiger partial charge in [-0.25, -0.2) is 13.8 Å². The SMILES string of the molecule is C[Si](C)(C)CCOc1nccc(Sc2ccc(Cl)c(C(=O)NC(O)C3CCC(F)(F)CC3)c2)n1. The van der Waals surface area contributed by atoms with Crippen molar-refractivity contribution in [3.8, 4) is 6.01 Å². The number of nitrogens with one attached hydrogen (secondary N) is 1. The van der Waals surface area contributed by atoms with Gasteiger partial charge in [0.25, 0.3) is 5.91 Å². The molecule has 1 aliphatic carbocycles. The van der Waals surface area contributed by atoms with Crippen LogP contribution in [0.1, 0.15) is 36.0 Å². The van der Waals surface area contributed by atoms with Crippen molar-refractivity contribution in [2.45, 2.75) is 73.4 Å². The molecular weight excluding hydrogens is 500 g/mol. The summed E-state index contributed by atoms with van der Waals surface area (Å²) in [5.41, 5.74) is 0.188. The van der Waals surface area contributed by atoms with Gasteiger partial charge in [0.05, 0.1) is 17.2 Å². The van der Waals surface area contributed by atoms with Crippen LogP contribution in [0.3, 0.4) is 0 Å². The van der Waals surface area contributed by atoms with Crippen molar-refractivity contribution < 1.29 is 23.4 Å². The van der Waals surface area contributed by atoms with E-state index in [1.54, 1.807) is 30.5 Å². The highest BCUT2D eigenvalue weighted by atomic mass is 35.5. The quantitative estimate of drug-likeness (QED) is 0.240. The first-order valence-corrected chi connectivity index (χ1v) is 16.1. The van der Waals surface area contributed by atoms with Gasteiger partial charge in [0.1, 0.15) is 11.3 Å². The lowest BCUT2D eigenvalue weighted by Crippen LogP contribution is -2.42. The maximum absolute atomic E-state index is 13.4. The Bertz CT molecular complexity index is 1000. The van der Waals surface area contributed by atoms with Gasteiger partial charge in [0.2, 0.25) is 5.92 Å². The number of aliphatic hydroxyl groups excluding tert-OH is 1. The maximum atomic E-state index is 13.4. The normalized spacial score (nSPS) is 17.3. The highest BCUT2D eigenvalue weighted by Gasteiger charge is 2.37. The fourth-order valence-corrected chi connectivity index (χ4v) is 5.20. The van der Waals surface area contributed by atoms with Crippen molar-refractivity contribution in [2.75, 3.05) is 6.61 Å². The summed E-state index contributed by atoms with van der Waals surface area (Å²) >= 11 is 7.55. The molecule has 1 saturated carbocycles. The van der Waals surface area contributed by atoms with E-state index >= 15 is 0 Å². The number of carbonyl (C=O) groups is 1. The Hall–Kier alpha value is -1.75. The topological polar surface area (TPSA) is 84.3 Å². The van der Waals surface area contributed by atoms with E-state index in [9.17, 15) is 18.7 Å². The van der Waals surface area contributed by atoms with Crippen LogP contribution in [0.4, 0.5) is 8.78 Å². The summed E-state index contributed by atoms with van der Waals surface area (Å²) in [4.78, 5) is 22.0. The van der Waals surface area contributed by atoms with Crippen molar-refractivity contribution in [3.05, 3.63) is 41.0 Å². The van der Waals surface area contributed by atoms with Gasteiger partial charge in [0, 0.05) is 37.9 Å². The average Bonchev–Trinajstić information content (AvgIpc) is 2.74. The molecule has 34 heavy (non-hydrogen) atoms. The van der Waals surface area contributed by atoms with E-state index in [-0.39, 0.29) is 36.3 Å². The third-order valence-corrected chi connectivity index (χ3v) is 8.54. The van der Waals surface area contributed by atoms with Crippen molar-refractivity contribution in [2.24, 2.45) is 5.92 Å². The zero-order chi connectivity index (χ0) is 24.9. The summed E-state index contributed by atoms with van der Waals surface area (Å²) < 4.78 is 32.4. The van der Waals surface area contributed by atoms with Crippen LogP contribution in [0.5, 0.6) is 6.01 Å². The van der Waals surface area contributed by atoms with Crippen molar-refractivity contribution in [1.82, 2.24) is 15.3 Å². The zero-order valence-corrected chi connectivity index (χ0v) is 22.1. The van der Waals surface area contributed by atoms with Crippen LogP contribution in [0.2, 0.25) is 30.7 Å². The monoisotopic (exact) mass is 529 g/mol. The number of amides is 1. The fraction of sp³-hybridized carbons (Fsp3) is 0.522. The predicted octanol–water partition coefficient (Wildman–Crippen LogP) is 5.87. The molecular formula is C23H30ClF2N3O3SSi. The highest BCUT2D eigenvalue weighted by molar-refractivity contribution is 7.99. The van der Waals surface area contributed by atoms with E-state index in [0.29, 0.717) is 22.5 Å². The molecule has 2 aromatic rings. The van der Waals surface area contributed by atoms with Crippen LogP contribution >= 0.6 is 23.4 Å². The molecule has 11 heteroatoms. The summed E-state index contributed by atoms with van der Waals surface area (Å²) in [5, 5.41) is 13.7. The van der Waals surface area contributed by atoms with Gasteiger partial charge < -0.3 is 15.2 Å². The number of aromatic nitrogens is 2. The Labute approximate surface area is 208 Å². The number of carbonyl (C=O) groups excluding carboxylic acids is 1. The van der Waals surface area contributed by atoms with E-state index < -0.39 is 32.0 Å². The molecule has 0 spiro atoms. The Morgan fingerprint density at radius 3 is 2.71 bits per heavy atom. The van der Waals surface area contributed by atoms with E-state index in [0.717, 1.165) is 6.04 Å². The van der Waals surface area contributed by atoms with Crippen molar-refractivity contribution in [3.63, 3.8) is 0 Å². The number of hydrogen-bond acceptors (Lipinski definition) is 6. The van der Waals surface area contributed by atoms with E-state index in [2.05, 4.69) is 34.9 Å². The number of hydrogen-bond donors (Lipinski definition) is 2. The lowest BCUT2D eigenvalue weighted by Gasteiger charge is -2.31. The number of aliphatic hydroxyl groups is 1. The Balaban J connectivity index is 1.62. The number of ether oxygens (including phenoxy) is 1. The summed E-state index contributed by atoms with van der Waals surface area (Å²) in [7, 11) is -1.23. The lowest BCUT2D eigenvalue weighted by atomic mass is 9.85. The molecule has 3 rings (SSSR count). The van der Waals surface area contributed by atoms with Gasteiger partial charge >= 0.3 is 6.01 Å². The van der Waals surface area contributed by atoms with Crippen LogP contribution in [0.15, 0.2) is 40.4 Å². The molecule has 1 aliphatic rings. The molecule has 1 atom stereocenters. The Morgan fingerprint density at radius 2 is 2.03 bits per heavy atom. The molecule has 1 amide bonds. The van der Waals surface area contributed by atoms with Crippen LogP contribution in [-0.2, 0) is 0 Å². The van der Waals surface area contributed by atoms with E-state index in [1.807, 2.05) is 0 Å². The Kier molecular flexibility index (Phi) is 8.94. The van der Waals surface area contributed by atoms with Gasteiger partial charge in [-0.15, -0.1) is 0 Å². The van der Waals surface area contributed by atoms with Crippen LogP contribution in [-0.4, -0.2) is 47.8 Å². The predicted molar refractivity (Wildman–Crippen MR) is 132 cm³/mol. The number of benzene rings is 1. The Morgan fingerprint density at radius 1 is 1.32 bits per heavy atom. The molecule has 1 unspecified atom stereocenters. The smallest absolute Gasteiger partial charge is 0.317 e. The third kappa shape index (κ3) is 8.18. The van der Waals surface area contributed by atoms with Gasteiger partial charge in [0.15, 0.2) is 0 Å². The van der Waals surface area contributed by atoms with Gasteiger partial charge in [-0.05, 0) is 43.2 Å². The molecule has 0 saturated heterocycles. The summed E-state index contributed by atoms with van der Waals surface area (Å²) in [6.07, 6.45) is 0.115. The third-order valence-electron chi connectivity index (χ3n) is 5.58. The second kappa shape index (κ2) is 11.3. The first-order valence-electron chi connectivity index (χ1n) is 11.2. The minimum absolute atomic E-state index is 0.147. The van der Waals surface area contributed by atoms with Gasteiger partial charge in [-0.2, -0.15) is 4.98 Å². The lowest BCUT2D eigenvalue weighted by molar-refractivity contribution is -0.0650. The summed E-state index contributed by atoms with van der Waals surface area (Å²) in [6, 6.07) is 8.01. The molecule has 0 radical (unpaired) electrons. The van der Waals surface area contributed by atoms with Crippen molar-refractivity contribution in [1.29, 1.82) is 0 Å². The first kappa shape index (κ1) is 26.8. The second-order valence-electron chi connectivity index (χ2n) is 9.69. The molecule has 1 heterocycles. The van der Waals surface area contributed by atoms with Crippen LogP contribution < -0.4 is 10.1 Å². The first-order chi connectivity index (χ1) is 15.9. The standard InChI is InChI=1S/C23H30ClF2N3O3SSi/c1-34(2,3)13-12-32-22-27-11-8-19(28-22)33-16-4-5-18(24)17(14-16)21(31)29-20(30)15-6-9-23(25,26)10-7-15/h4-5,8,11,14-15,20,30H,6-7,9-10,12-13H2,1-3H3,(H,29,31). The number of rotatable bonds is 9. The maximum Gasteiger partial charge on any atom is 0.317 e. The molecule has 6 nitrogen and oxygen atoms in total. The molecule has 2 N–H and O–H groups in total. The molecule has 1 aromatic heterocycles.